The molecule has 3 rings (SSSR count). The third-order valence-corrected chi connectivity index (χ3v) is 4.85. The number of urea groups is 1. The Morgan fingerprint density at radius 2 is 1.79 bits per heavy atom. The minimum atomic E-state index is -0.0333. The molecule has 0 aromatic heterocycles. The summed E-state index contributed by atoms with van der Waals surface area (Å²) in [5.74, 6) is 0. The van der Waals surface area contributed by atoms with Gasteiger partial charge in [0.2, 0.25) is 0 Å². The predicted octanol–water partition coefficient (Wildman–Crippen LogP) is 4.37. The summed E-state index contributed by atoms with van der Waals surface area (Å²) < 4.78 is 0.959. The normalized spacial score (nSPS) is 14.6. The van der Waals surface area contributed by atoms with Crippen molar-refractivity contribution < 1.29 is 4.79 Å². The van der Waals surface area contributed by atoms with Crippen LogP contribution in [0.5, 0.6) is 0 Å². The van der Waals surface area contributed by atoms with Gasteiger partial charge in [0.15, 0.2) is 0 Å². The number of amides is 2. The molecule has 1 N–H and O–H groups in total. The van der Waals surface area contributed by atoms with Gasteiger partial charge in [-0.15, -0.1) is 0 Å². The molecule has 2 amide bonds. The Bertz CT molecular complexity index is 694. The molecule has 126 valence electrons. The van der Waals surface area contributed by atoms with Gasteiger partial charge in [-0.2, -0.15) is 0 Å². The smallest absolute Gasteiger partial charge is 0.321 e. The van der Waals surface area contributed by atoms with E-state index in [1.807, 2.05) is 29.2 Å². The Hall–Kier alpha value is -2.01. The van der Waals surface area contributed by atoms with Crippen LogP contribution >= 0.6 is 15.9 Å². The number of piperazine rings is 1. The van der Waals surface area contributed by atoms with Gasteiger partial charge in [0, 0.05) is 42.0 Å². The maximum absolute atomic E-state index is 12.4. The van der Waals surface area contributed by atoms with Gasteiger partial charge in [-0.1, -0.05) is 41.1 Å². The quantitative estimate of drug-likeness (QED) is 0.848. The average molecular weight is 388 g/mol. The first-order valence-electron chi connectivity index (χ1n) is 8.31. The van der Waals surface area contributed by atoms with Gasteiger partial charge in [0.1, 0.15) is 0 Å². The third kappa shape index (κ3) is 4.09. The summed E-state index contributed by atoms with van der Waals surface area (Å²) in [6, 6.07) is 16.3. The minimum absolute atomic E-state index is 0.0333. The fraction of sp³-hybridized carbons (Fsp3) is 0.316. The zero-order valence-corrected chi connectivity index (χ0v) is 15.4. The molecule has 0 spiro atoms. The highest BCUT2D eigenvalue weighted by Gasteiger charge is 2.21. The molecule has 4 nitrogen and oxygen atoms in total. The number of nitrogens with one attached hydrogen (secondary N) is 1. The number of nitrogens with zero attached hydrogens (tertiary/aromatic N) is 2. The summed E-state index contributed by atoms with van der Waals surface area (Å²) in [5, 5.41) is 2.96. The van der Waals surface area contributed by atoms with E-state index in [2.05, 4.69) is 57.3 Å². The predicted molar refractivity (Wildman–Crippen MR) is 103 cm³/mol. The maximum atomic E-state index is 12.4. The largest absolute Gasteiger partial charge is 0.368 e. The number of carbonyl (C=O) groups excluding carboxylic acids is 1. The van der Waals surface area contributed by atoms with Crippen LogP contribution in [0.2, 0.25) is 0 Å². The SMILES string of the molecule is CCc1ccc(N2CCN(C(=O)Nc3cccc(Br)c3)CC2)cc1. The van der Waals surface area contributed by atoms with Crippen molar-refractivity contribution in [2.75, 3.05) is 36.4 Å². The molecule has 1 saturated heterocycles. The Labute approximate surface area is 151 Å². The Morgan fingerprint density at radius 3 is 2.42 bits per heavy atom. The molecule has 5 heteroatoms. The summed E-state index contributed by atoms with van der Waals surface area (Å²) in [6.07, 6.45) is 1.06. The molecule has 2 aromatic rings. The molecule has 1 aliphatic rings. The Morgan fingerprint density at radius 1 is 1.08 bits per heavy atom. The molecule has 1 heterocycles. The second-order valence-corrected chi connectivity index (χ2v) is 6.85. The Kier molecular flexibility index (Phi) is 5.41. The van der Waals surface area contributed by atoms with E-state index < -0.39 is 0 Å². The molecular formula is C19H22BrN3O. The zero-order chi connectivity index (χ0) is 16.9. The fourth-order valence-corrected chi connectivity index (χ4v) is 3.28. The lowest BCUT2D eigenvalue weighted by Crippen LogP contribution is -2.50. The molecule has 24 heavy (non-hydrogen) atoms. The van der Waals surface area contributed by atoms with Crippen molar-refractivity contribution in [1.82, 2.24) is 4.90 Å². The second-order valence-electron chi connectivity index (χ2n) is 5.93. The van der Waals surface area contributed by atoms with Gasteiger partial charge in [-0.05, 0) is 42.3 Å². The number of carbonyl (C=O) groups is 1. The number of hydrogen-bond donors (Lipinski definition) is 1. The number of rotatable bonds is 3. The third-order valence-electron chi connectivity index (χ3n) is 4.35. The van der Waals surface area contributed by atoms with Crippen LogP contribution in [-0.4, -0.2) is 37.1 Å². The number of benzene rings is 2. The molecule has 0 bridgehead atoms. The van der Waals surface area contributed by atoms with Crippen LogP contribution in [0.1, 0.15) is 12.5 Å². The van der Waals surface area contributed by atoms with Gasteiger partial charge < -0.3 is 15.1 Å². The lowest BCUT2D eigenvalue weighted by Gasteiger charge is -2.36. The minimum Gasteiger partial charge on any atom is -0.368 e. The molecule has 0 unspecified atom stereocenters. The Balaban J connectivity index is 1.55. The van der Waals surface area contributed by atoms with Crippen LogP contribution in [0.25, 0.3) is 0 Å². The van der Waals surface area contributed by atoms with Gasteiger partial charge in [0.05, 0.1) is 0 Å². The molecule has 0 atom stereocenters. The number of hydrogen-bond acceptors (Lipinski definition) is 2. The summed E-state index contributed by atoms with van der Waals surface area (Å²) >= 11 is 3.42. The highest BCUT2D eigenvalue weighted by Crippen LogP contribution is 2.19. The molecular weight excluding hydrogens is 366 g/mol. The highest BCUT2D eigenvalue weighted by atomic mass is 79.9. The zero-order valence-electron chi connectivity index (χ0n) is 13.8. The number of aryl methyl sites for hydroxylation is 1. The first-order chi connectivity index (χ1) is 11.7. The van der Waals surface area contributed by atoms with E-state index in [0.29, 0.717) is 0 Å². The molecule has 0 aliphatic carbocycles. The summed E-state index contributed by atoms with van der Waals surface area (Å²) in [7, 11) is 0. The van der Waals surface area contributed by atoms with Crippen LogP contribution in [0.3, 0.4) is 0 Å². The fourth-order valence-electron chi connectivity index (χ4n) is 2.88. The van der Waals surface area contributed by atoms with E-state index >= 15 is 0 Å². The topological polar surface area (TPSA) is 35.6 Å². The average Bonchev–Trinajstić information content (AvgIpc) is 2.62. The molecule has 1 aliphatic heterocycles. The summed E-state index contributed by atoms with van der Waals surface area (Å²) in [4.78, 5) is 16.6. The van der Waals surface area contributed by atoms with Crippen molar-refractivity contribution in [3.8, 4) is 0 Å². The first kappa shape index (κ1) is 16.8. The lowest BCUT2D eigenvalue weighted by atomic mass is 10.1. The van der Waals surface area contributed by atoms with Gasteiger partial charge in [-0.3, -0.25) is 0 Å². The van der Waals surface area contributed by atoms with E-state index in [1.165, 1.54) is 11.3 Å². The van der Waals surface area contributed by atoms with Crippen molar-refractivity contribution >= 4 is 33.3 Å². The van der Waals surface area contributed by atoms with Crippen molar-refractivity contribution in [3.05, 3.63) is 58.6 Å². The van der Waals surface area contributed by atoms with Crippen LogP contribution in [-0.2, 0) is 6.42 Å². The molecule has 0 radical (unpaired) electrons. The number of anilines is 2. The molecule has 1 fully saturated rings. The van der Waals surface area contributed by atoms with Gasteiger partial charge in [-0.25, -0.2) is 4.79 Å². The second kappa shape index (κ2) is 7.71. The van der Waals surface area contributed by atoms with Crippen LogP contribution in [0.15, 0.2) is 53.0 Å². The van der Waals surface area contributed by atoms with E-state index in [0.717, 1.165) is 42.8 Å². The van der Waals surface area contributed by atoms with Crippen molar-refractivity contribution in [1.29, 1.82) is 0 Å². The maximum Gasteiger partial charge on any atom is 0.321 e. The van der Waals surface area contributed by atoms with Crippen LogP contribution < -0.4 is 10.2 Å². The molecule has 2 aromatic carbocycles. The van der Waals surface area contributed by atoms with Crippen molar-refractivity contribution in [2.24, 2.45) is 0 Å². The van der Waals surface area contributed by atoms with E-state index in [9.17, 15) is 4.79 Å². The van der Waals surface area contributed by atoms with Crippen molar-refractivity contribution in [3.63, 3.8) is 0 Å². The number of halogens is 1. The summed E-state index contributed by atoms with van der Waals surface area (Å²) in [5.41, 5.74) is 3.40. The van der Waals surface area contributed by atoms with E-state index in [-0.39, 0.29) is 6.03 Å². The van der Waals surface area contributed by atoms with E-state index in [4.69, 9.17) is 0 Å². The highest BCUT2D eigenvalue weighted by molar-refractivity contribution is 9.10. The lowest BCUT2D eigenvalue weighted by molar-refractivity contribution is 0.208. The first-order valence-corrected chi connectivity index (χ1v) is 9.10. The van der Waals surface area contributed by atoms with Gasteiger partial charge >= 0.3 is 6.03 Å². The summed E-state index contributed by atoms with van der Waals surface area (Å²) in [6.45, 7) is 5.34. The van der Waals surface area contributed by atoms with E-state index in [1.54, 1.807) is 0 Å². The van der Waals surface area contributed by atoms with Crippen LogP contribution in [0, 0.1) is 0 Å². The van der Waals surface area contributed by atoms with Crippen molar-refractivity contribution in [2.45, 2.75) is 13.3 Å². The monoisotopic (exact) mass is 387 g/mol. The van der Waals surface area contributed by atoms with Gasteiger partial charge in [0.25, 0.3) is 0 Å². The van der Waals surface area contributed by atoms with Crippen LogP contribution in [0.4, 0.5) is 16.2 Å². The molecule has 0 saturated carbocycles. The standard InChI is InChI=1S/C19H22BrN3O/c1-2-15-6-8-18(9-7-15)22-10-12-23(13-11-22)19(24)21-17-5-3-4-16(20)14-17/h3-9,14H,2,10-13H2,1H3,(H,21,24).